The molecule has 10 heteroatoms. The molecule has 1 aromatic rings. The summed E-state index contributed by atoms with van der Waals surface area (Å²) in [7, 11) is 1.90. The highest BCUT2D eigenvalue weighted by molar-refractivity contribution is 7.15. The topological polar surface area (TPSA) is 84.1 Å². The Labute approximate surface area is 124 Å². The van der Waals surface area contributed by atoms with Crippen molar-refractivity contribution >= 4 is 29.2 Å². The molecule has 0 N–H and O–H groups in total. The number of halogens is 1. The molecule has 0 aromatic carbocycles. The standard InChI is InChI=1S/C10H14ClN5O3S/c1-14-6-19-7-15(5-8-4-12-10(11)20-8)9(14)2-3-13-16(17)18/h3-4,9H,2,5-7H2,1H3. The van der Waals surface area contributed by atoms with Crippen LogP contribution in [-0.4, -0.2) is 52.7 Å². The molecule has 1 fully saturated rings. The van der Waals surface area contributed by atoms with Crippen LogP contribution in [0, 0.1) is 10.1 Å². The van der Waals surface area contributed by atoms with Gasteiger partial charge < -0.3 is 4.74 Å². The number of nitro groups is 1. The van der Waals surface area contributed by atoms with Gasteiger partial charge in [-0.25, -0.2) is 15.1 Å². The summed E-state index contributed by atoms with van der Waals surface area (Å²) in [5.74, 6) is 0. The average Bonchev–Trinajstić information content (AvgIpc) is 2.78. The van der Waals surface area contributed by atoms with Gasteiger partial charge in [0.1, 0.15) is 13.5 Å². The van der Waals surface area contributed by atoms with E-state index in [1.54, 1.807) is 6.20 Å². The zero-order valence-electron chi connectivity index (χ0n) is 10.8. The van der Waals surface area contributed by atoms with E-state index in [2.05, 4.69) is 15.0 Å². The number of ether oxygens (including phenoxy) is 1. The highest BCUT2D eigenvalue weighted by Gasteiger charge is 2.27. The zero-order valence-corrected chi connectivity index (χ0v) is 12.4. The summed E-state index contributed by atoms with van der Waals surface area (Å²) in [4.78, 5) is 19.3. The molecule has 0 saturated carbocycles. The van der Waals surface area contributed by atoms with E-state index >= 15 is 0 Å². The summed E-state index contributed by atoms with van der Waals surface area (Å²) in [6.45, 7) is 1.57. The SMILES string of the molecule is CN1COCN(Cc2cnc(Cl)s2)C1CC=N[N+](=O)[O-]. The second-order valence-corrected chi connectivity index (χ2v) is 6.00. The Morgan fingerprint density at radius 1 is 1.75 bits per heavy atom. The van der Waals surface area contributed by atoms with Gasteiger partial charge in [-0.1, -0.05) is 11.6 Å². The molecule has 1 aliphatic heterocycles. The van der Waals surface area contributed by atoms with Crippen LogP contribution >= 0.6 is 22.9 Å². The Morgan fingerprint density at radius 3 is 3.20 bits per heavy atom. The molecule has 2 rings (SSSR count). The number of hydrazone groups is 1. The number of thiazole rings is 1. The third-order valence-corrected chi connectivity index (χ3v) is 3.96. The predicted molar refractivity (Wildman–Crippen MR) is 75.1 cm³/mol. The Bertz CT molecular complexity index is 497. The Kier molecular flexibility index (Phi) is 5.38. The van der Waals surface area contributed by atoms with Crippen molar-refractivity contribution in [1.29, 1.82) is 0 Å². The van der Waals surface area contributed by atoms with Crippen LogP contribution < -0.4 is 0 Å². The Morgan fingerprint density at radius 2 is 2.55 bits per heavy atom. The molecular formula is C10H14ClN5O3S. The van der Waals surface area contributed by atoms with Crippen molar-refractivity contribution in [2.24, 2.45) is 5.10 Å². The first-order valence-electron chi connectivity index (χ1n) is 5.85. The molecule has 20 heavy (non-hydrogen) atoms. The number of rotatable bonds is 5. The maximum Gasteiger partial charge on any atom is 0.190 e. The second-order valence-electron chi connectivity index (χ2n) is 4.30. The number of nitrogens with zero attached hydrogens (tertiary/aromatic N) is 5. The number of hydrogen-bond acceptors (Lipinski definition) is 7. The summed E-state index contributed by atoms with van der Waals surface area (Å²) >= 11 is 7.22. The Hall–Kier alpha value is -1.13. The van der Waals surface area contributed by atoms with E-state index in [9.17, 15) is 10.1 Å². The van der Waals surface area contributed by atoms with Crippen molar-refractivity contribution in [3.8, 4) is 0 Å². The molecule has 8 nitrogen and oxygen atoms in total. The third-order valence-electron chi connectivity index (χ3n) is 2.86. The lowest BCUT2D eigenvalue weighted by Gasteiger charge is -2.40. The van der Waals surface area contributed by atoms with Crippen LogP contribution in [0.5, 0.6) is 0 Å². The van der Waals surface area contributed by atoms with E-state index in [0.717, 1.165) is 4.88 Å². The smallest absolute Gasteiger partial charge is 0.190 e. The van der Waals surface area contributed by atoms with Gasteiger partial charge in [0.05, 0.1) is 17.5 Å². The highest BCUT2D eigenvalue weighted by Crippen LogP contribution is 2.22. The fraction of sp³-hybridized carbons (Fsp3) is 0.600. The summed E-state index contributed by atoms with van der Waals surface area (Å²) in [5.41, 5.74) is 0. The van der Waals surface area contributed by atoms with E-state index in [1.165, 1.54) is 17.6 Å². The van der Waals surface area contributed by atoms with Gasteiger partial charge in [0.15, 0.2) is 9.50 Å². The third kappa shape index (κ3) is 4.18. The molecule has 1 atom stereocenters. The lowest BCUT2D eigenvalue weighted by Crippen LogP contribution is -2.52. The van der Waals surface area contributed by atoms with Crippen molar-refractivity contribution in [2.45, 2.75) is 19.1 Å². The first-order chi connectivity index (χ1) is 9.56. The molecule has 0 amide bonds. The van der Waals surface area contributed by atoms with Crippen molar-refractivity contribution in [2.75, 3.05) is 20.5 Å². The minimum absolute atomic E-state index is 0.00618. The van der Waals surface area contributed by atoms with Crippen molar-refractivity contribution < 1.29 is 9.77 Å². The van der Waals surface area contributed by atoms with Gasteiger partial charge in [-0.15, -0.1) is 11.3 Å². The maximum atomic E-state index is 10.2. The highest BCUT2D eigenvalue weighted by atomic mass is 35.5. The molecule has 0 bridgehead atoms. The zero-order chi connectivity index (χ0) is 14.5. The quantitative estimate of drug-likeness (QED) is 0.464. The molecule has 2 heterocycles. The van der Waals surface area contributed by atoms with Gasteiger partial charge >= 0.3 is 0 Å². The number of hydrogen-bond donors (Lipinski definition) is 0. The van der Waals surface area contributed by atoms with E-state index in [-0.39, 0.29) is 6.17 Å². The van der Waals surface area contributed by atoms with Crippen molar-refractivity contribution in [3.63, 3.8) is 0 Å². The van der Waals surface area contributed by atoms with E-state index < -0.39 is 5.03 Å². The van der Waals surface area contributed by atoms with Gasteiger partial charge in [0, 0.05) is 24.0 Å². The van der Waals surface area contributed by atoms with Gasteiger partial charge in [-0.3, -0.25) is 9.80 Å². The van der Waals surface area contributed by atoms with Gasteiger partial charge in [0.25, 0.3) is 0 Å². The molecule has 1 unspecified atom stereocenters. The Balaban J connectivity index is 2.01. The van der Waals surface area contributed by atoms with Gasteiger partial charge in [-0.2, -0.15) is 0 Å². The minimum Gasteiger partial charge on any atom is -0.351 e. The predicted octanol–water partition coefficient (Wildman–Crippen LogP) is 1.45. The van der Waals surface area contributed by atoms with E-state index in [0.29, 0.717) is 30.9 Å². The summed E-state index contributed by atoms with van der Waals surface area (Å²) in [5, 5.41) is 12.7. The monoisotopic (exact) mass is 319 g/mol. The second kappa shape index (κ2) is 7.04. The minimum atomic E-state index is -0.702. The molecule has 0 spiro atoms. The molecule has 0 radical (unpaired) electrons. The molecule has 1 aliphatic rings. The van der Waals surface area contributed by atoms with Crippen molar-refractivity contribution in [3.05, 3.63) is 25.7 Å². The van der Waals surface area contributed by atoms with Crippen LogP contribution in [0.4, 0.5) is 0 Å². The molecule has 110 valence electrons. The maximum absolute atomic E-state index is 10.2. The van der Waals surface area contributed by atoms with Gasteiger partial charge in [0.2, 0.25) is 0 Å². The summed E-state index contributed by atoms with van der Waals surface area (Å²) in [6.07, 6.45) is 3.49. The molecular weight excluding hydrogens is 306 g/mol. The fourth-order valence-electron chi connectivity index (χ4n) is 2.00. The van der Waals surface area contributed by atoms with Crippen LogP contribution in [0.3, 0.4) is 0 Å². The van der Waals surface area contributed by atoms with Crippen LogP contribution in [-0.2, 0) is 11.3 Å². The number of aromatic nitrogens is 1. The summed E-state index contributed by atoms with van der Waals surface area (Å²) < 4.78 is 5.95. The summed E-state index contributed by atoms with van der Waals surface area (Å²) in [6, 6.07) is 0. The van der Waals surface area contributed by atoms with Crippen LogP contribution in [0.15, 0.2) is 11.3 Å². The lowest BCUT2D eigenvalue weighted by molar-refractivity contribution is -0.484. The van der Waals surface area contributed by atoms with Crippen LogP contribution in [0.1, 0.15) is 11.3 Å². The van der Waals surface area contributed by atoms with Crippen molar-refractivity contribution in [1.82, 2.24) is 14.8 Å². The van der Waals surface area contributed by atoms with Crippen LogP contribution in [0.2, 0.25) is 4.47 Å². The molecule has 1 saturated heterocycles. The van der Waals surface area contributed by atoms with Crippen LogP contribution in [0.25, 0.3) is 0 Å². The average molecular weight is 320 g/mol. The van der Waals surface area contributed by atoms with Gasteiger partial charge in [-0.05, 0) is 7.05 Å². The first-order valence-corrected chi connectivity index (χ1v) is 7.05. The molecule has 1 aromatic heterocycles. The lowest BCUT2D eigenvalue weighted by atomic mass is 10.2. The fourth-order valence-corrected chi connectivity index (χ4v) is 3.00. The van der Waals surface area contributed by atoms with E-state index in [1.807, 2.05) is 11.9 Å². The van der Waals surface area contributed by atoms with E-state index in [4.69, 9.17) is 16.3 Å². The first kappa shape index (κ1) is 15.3. The normalized spacial score (nSPS) is 21.6. The molecule has 0 aliphatic carbocycles. The largest absolute Gasteiger partial charge is 0.351 e.